The van der Waals surface area contributed by atoms with Crippen LogP contribution in [0.2, 0.25) is 0 Å². The molecule has 3 aromatic rings. The number of esters is 1. The number of aryl methyl sites for hydroxylation is 2. The predicted molar refractivity (Wildman–Crippen MR) is 134 cm³/mol. The van der Waals surface area contributed by atoms with E-state index in [-0.39, 0.29) is 30.3 Å². The highest BCUT2D eigenvalue weighted by atomic mass is 32.2. The van der Waals surface area contributed by atoms with Crippen LogP contribution < -0.4 is 4.74 Å². The predicted octanol–water partition coefficient (Wildman–Crippen LogP) is 5.86. The fourth-order valence-electron chi connectivity index (χ4n) is 3.50. The first-order valence-electron chi connectivity index (χ1n) is 11.2. The zero-order chi connectivity index (χ0) is 24.9. The number of rotatable bonds is 8. The van der Waals surface area contributed by atoms with Gasteiger partial charge in [0.25, 0.3) is 11.1 Å². The van der Waals surface area contributed by atoms with Crippen LogP contribution >= 0.6 is 11.8 Å². The Labute approximate surface area is 207 Å². The number of furan rings is 1. The molecule has 0 N–H and O–H groups in total. The van der Waals surface area contributed by atoms with Crippen LogP contribution in [0.3, 0.4) is 0 Å². The van der Waals surface area contributed by atoms with E-state index in [4.69, 9.17) is 13.9 Å². The fraction of sp³-hybridized carbons (Fsp3) is 0.222. The van der Waals surface area contributed by atoms with E-state index >= 15 is 0 Å². The summed E-state index contributed by atoms with van der Waals surface area (Å²) < 4.78 is 16.6. The topological polar surface area (TPSA) is 86.0 Å². The maximum absolute atomic E-state index is 12.8. The number of amides is 2. The van der Waals surface area contributed by atoms with Gasteiger partial charge in [-0.2, -0.15) is 0 Å². The Morgan fingerprint density at radius 2 is 1.83 bits per heavy atom. The number of hydrogen-bond acceptors (Lipinski definition) is 7. The standard InChI is InChI=1S/C27H25NO6S/c1-4-32-26(30)20-9-7-19(8-10-20)22-12-11-21(34-22)16-24-25(29)28(27(31)35-24)13-14-33-23-15-17(2)5-6-18(23)3/h5-12,15-16H,4,13-14H2,1-3H3/b24-16-. The largest absolute Gasteiger partial charge is 0.491 e. The van der Waals surface area contributed by atoms with Gasteiger partial charge in [-0.25, -0.2) is 4.79 Å². The molecule has 0 unspecified atom stereocenters. The van der Waals surface area contributed by atoms with Crippen molar-refractivity contribution in [2.24, 2.45) is 0 Å². The van der Waals surface area contributed by atoms with Crippen molar-refractivity contribution in [1.82, 2.24) is 4.90 Å². The SMILES string of the molecule is CCOC(=O)c1ccc(-c2ccc(/C=C3\SC(=O)N(CCOc4cc(C)ccc4C)C3=O)o2)cc1. The number of benzene rings is 2. The average molecular weight is 492 g/mol. The van der Waals surface area contributed by atoms with Gasteiger partial charge in [-0.15, -0.1) is 0 Å². The van der Waals surface area contributed by atoms with E-state index in [1.54, 1.807) is 49.4 Å². The summed E-state index contributed by atoms with van der Waals surface area (Å²) in [5, 5.41) is -0.341. The van der Waals surface area contributed by atoms with Gasteiger partial charge < -0.3 is 13.9 Å². The van der Waals surface area contributed by atoms with E-state index in [0.717, 1.165) is 34.2 Å². The van der Waals surface area contributed by atoms with Crippen LogP contribution in [0.5, 0.6) is 5.75 Å². The lowest BCUT2D eigenvalue weighted by Crippen LogP contribution is -2.32. The van der Waals surface area contributed by atoms with E-state index in [1.807, 2.05) is 32.0 Å². The number of nitrogens with zero attached hydrogens (tertiary/aromatic N) is 1. The molecule has 8 heteroatoms. The van der Waals surface area contributed by atoms with Crippen molar-refractivity contribution in [3.8, 4) is 17.1 Å². The third-order valence-corrected chi connectivity index (χ3v) is 6.28. The zero-order valence-corrected chi connectivity index (χ0v) is 20.5. The molecule has 180 valence electrons. The van der Waals surface area contributed by atoms with Gasteiger partial charge in [-0.3, -0.25) is 14.5 Å². The Kier molecular flexibility index (Phi) is 7.41. The van der Waals surface area contributed by atoms with Gasteiger partial charge in [-0.05, 0) is 74.0 Å². The molecule has 1 fully saturated rings. The normalized spacial score (nSPS) is 14.6. The molecule has 7 nitrogen and oxygen atoms in total. The molecule has 4 rings (SSSR count). The molecular weight excluding hydrogens is 466 g/mol. The molecule has 2 amide bonds. The monoisotopic (exact) mass is 491 g/mol. The number of carbonyl (C=O) groups is 3. The number of ether oxygens (including phenoxy) is 2. The maximum atomic E-state index is 12.8. The van der Waals surface area contributed by atoms with Crippen LogP contribution in [0.25, 0.3) is 17.4 Å². The highest BCUT2D eigenvalue weighted by Gasteiger charge is 2.35. The van der Waals surface area contributed by atoms with Crippen LogP contribution in [0.1, 0.15) is 34.2 Å². The summed E-state index contributed by atoms with van der Waals surface area (Å²) in [6, 6.07) is 16.3. The summed E-state index contributed by atoms with van der Waals surface area (Å²) in [6.45, 7) is 6.36. The molecule has 0 saturated carbocycles. The van der Waals surface area contributed by atoms with Crippen LogP contribution in [0.15, 0.2) is 63.9 Å². The highest BCUT2D eigenvalue weighted by molar-refractivity contribution is 8.18. The molecular formula is C27H25NO6S. The van der Waals surface area contributed by atoms with Crippen molar-refractivity contribution in [3.63, 3.8) is 0 Å². The van der Waals surface area contributed by atoms with Crippen molar-refractivity contribution in [2.75, 3.05) is 19.8 Å². The fourth-order valence-corrected chi connectivity index (χ4v) is 4.35. The van der Waals surface area contributed by atoms with Gasteiger partial charge in [0.05, 0.1) is 23.6 Å². The van der Waals surface area contributed by atoms with Crippen molar-refractivity contribution in [2.45, 2.75) is 20.8 Å². The van der Waals surface area contributed by atoms with Gasteiger partial charge in [-0.1, -0.05) is 24.3 Å². The van der Waals surface area contributed by atoms with Crippen LogP contribution in [-0.4, -0.2) is 41.8 Å². The Bertz CT molecular complexity index is 1290. The summed E-state index contributed by atoms with van der Waals surface area (Å²) in [5.41, 5.74) is 3.30. The molecule has 0 radical (unpaired) electrons. The molecule has 2 heterocycles. The average Bonchev–Trinajstić information content (AvgIpc) is 3.41. The number of hydrogen-bond donors (Lipinski definition) is 0. The lowest BCUT2D eigenvalue weighted by atomic mass is 10.1. The molecule has 1 aromatic heterocycles. The Morgan fingerprint density at radius 3 is 2.57 bits per heavy atom. The Morgan fingerprint density at radius 1 is 1.06 bits per heavy atom. The van der Waals surface area contributed by atoms with E-state index in [2.05, 4.69) is 0 Å². The van der Waals surface area contributed by atoms with E-state index < -0.39 is 0 Å². The van der Waals surface area contributed by atoms with Crippen molar-refractivity contribution < 1.29 is 28.3 Å². The Hall–Kier alpha value is -3.78. The molecule has 2 aromatic carbocycles. The third-order valence-electron chi connectivity index (χ3n) is 5.37. The summed E-state index contributed by atoms with van der Waals surface area (Å²) in [6.07, 6.45) is 1.56. The molecule has 1 aliphatic heterocycles. The molecule has 35 heavy (non-hydrogen) atoms. The number of thioether (sulfide) groups is 1. The van der Waals surface area contributed by atoms with Gasteiger partial charge in [0.1, 0.15) is 23.9 Å². The second-order valence-corrected chi connectivity index (χ2v) is 8.94. The zero-order valence-electron chi connectivity index (χ0n) is 19.7. The van der Waals surface area contributed by atoms with Gasteiger partial charge >= 0.3 is 5.97 Å². The van der Waals surface area contributed by atoms with E-state index in [1.165, 1.54) is 4.90 Å². The molecule has 1 saturated heterocycles. The quantitative estimate of drug-likeness (QED) is 0.288. The van der Waals surface area contributed by atoms with Gasteiger partial charge in [0.15, 0.2) is 0 Å². The van der Waals surface area contributed by atoms with Crippen molar-refractivity contribution in [3.05, 3.63) is 82.0 Å². The minimum absolute atomic E-state index is 0.158. The first kappa shape index (κ1) is 24.3. The molecule has 0 spiro atoms. The third kappa shape index (κ3) is 5.66. The van der Waals surface area contributed by atoms with E-state index in [9.17, 15) is 14.4 Å². The van der Waals surface area contributed by atoms with E-state index in [0.29, 0.717) is 28.6 Å². The molecule has 0 aliphatic carbocycles. The first-order chi connectivity index (χ1) is 16.9. The number of imide groups is 1. The minimum Gasteiger partial charge on any atom is -0.491 e. The smallest absolute Gasteiger partial charge is 0.338 e. The van der Waals surface area contributed by atoms with Gasteiger partial charge in [0.2, 0.25) is 0 Å². The molecule has 1 aliphatic rings. The summed E-state index contributed by atoms with van der Waals surface area (Å²) in [4.78, 5) is 38.5. The van der Waals surface area contributed by atoms with Gasteiger partial charge in [0, 0.05) is 11.6 Å². The summed E-state index contributed by atoms with van der Waals surface area (Å²) >= 11 is 0.875. The summed E-state index contributed by atoms with van der Waals surface area (Å²) in [7, 11) is 0. The van der Waals surface area contributed by atoms with Crippen molar-refractivity contribution in [1.29, 1.82) is 0 Å². The lowest BCUT2D eigenvalue weighted by molar-refractivity contribution is -0.123. The minimum atomic E-state index is -0.380. The second kappa shape index (κ2) is 10.7. The molecule has 0 bridgehead atoms. The van der Waals surface area contributed by atoms with Crippen LogP contribution in [0.4, 0.5) is 4.79 Å². The van der Waals surface area contributed by atoms with Crippen LogP contribution in [-0.2, 0) is 9.53 Å². The Balaban J connectivity index is 1.39. The lowest BCUT2D eigenvalue weighted by Gasteiger charge is -2.14. The van der Waals surface area contributed by atoms with Crippen LogP contribution in [0, 0.1) is 13.8 Å². The maximum Gasteiger partial charge on any atom is 0.338 e. The van der Waals surface area contributed by atoms with Crippen molar-refractivity contribution >= 4 is 35.0 Å². The first-order valence-corrected chi connectivity index (χ1v) is 12.0. The molecule has 0 atom stereocenters. The highest BCUT2D eigenvalue weighted by Crippen LogP contribution is 2.33. The second-order valence-electron chi connectivity index (χ2n) is 7.95. The summed E-state index contributed by atoms with van der Waals surface area (Å²) in [5.74, 6) is 1.01. The number of carbonyl (C=O) groups excluding carboxylic acids is 3.